The van der Waals surface area contributed by atoms with E-state index in [0.29, 0.717) is 11.3 Å². The van der Waals surface area contributed by atoms with Crippen LogP contribution in [0.25, 0.3) is 0 Å². The van der Waals surface area contributed by atoms with E-state index in [1.807, 2.05) is 31.2 Å². The number of hydrogen-bond donors (Lipinski definition) is 2. The van der Waals surface area contributed by atoms with E-state index >= 15 is 0 Å². The van der Waals surface area contributed by atoms with Gasteiger partial charge in [0, 0.05) is 11.3 Å². The molecule has 0 aromatic heterocycles. The van der Waals surface area contributed by atoms with E-state index < -0.39 is 11.7 Å². The van der Waals surface area contributed by atoms with Crippen molar-refractivity contribution >= 4 is 23.2 Å². The van der Waals surface area contributed by atoms with Crippen LogP contribution in [0.15, 0.2) is 72.8 Å². The summed E-state index contributed by atoms with van der Waals surface area (Å²) in [6.07, 6.45) is 0.818. The summed E-state index contributed by atoms with van der Waals surface area (Å²) in [5.74, 6) is -0.789. The summed E-state index contributed by atoms with van der Waals surface area (Å²) in [6, 6.07) is 20.0. The number of halogens is 1. The van der Waals surface area contributed by atoms with Gasteiger partial charge in [-0.1, -0.05) is 37.3 Å². The molecule has 0 saturated heterocycles. The number of para-hydroxylation sites is 2. The van der Waals surface area contributed by atoms with Crippen molar-refractivity contribution in [3.8, 4) is 5.75 Å². The molecule has 5 nitrogen and oxygen atoms in total. The molecule has 0 fully saturated rings. The molecular weight excluding hydrogens is 371 g/mol. The molecular formula is C23H21FN2O3. The van der Waals surface area contributed by atoms with Crippen molar-refractivity contribution in [2.45, 2.75) is 13.3 Å². The van der Waals surface area contributed by atoms with Crippen molar-refractivity contribution in [1.29, 1.82) is 0 Å². The van der Waals surface area contributed by atoms with Crippen LogP contribution in [-0.2, 0) is 11.2 Å². The standard InChI is InChI=1S/C23H21FN2O3/c1-2-16-7-3-5-9-20(16)26-23(28)17-11-13-18(14-12-17)29-15-22(27)25-21-10-6-4-8-19(21)24/h3-14H,2,15H2,1H3,(H,25,27)(H,26,28). The maximum Gasteiger partial charge on any atom is 0.262 e. The van der Waals surface area contributed by atoms with Gasteiger partial charge >= 0.3 is 0 Å². The molecule has 0 radical (unpaired) electrons. The number of nitrogens with one attached hydrogen (secondary N) is 2. The Labute approximate surface area is 168 Å². The van der Waals surface area contributed by atoms with E-state index in [-0.39, 0.29) is 18.2 Å². The topological polar surface area (TPSA) is 67.4 Å². The minimum atomic E-state index is -0.513. The Hall–Kier alpha value is -3.67. The number of ether oxygens (including phenoxy) is 1. The van der Waals surface area contributed by atoms with Gasteiger partial charge in [0.25, 0.3) is 11.8 Å². The molecule has 6 heteroatoms. The van der Waals surface area contributed by atoms with Crippen LogP contribution in [0.1, 0.15) is 22.8 Å². The predicted molar refractivity (Wildman–Crippen MR) is 111 cm³/mol. The second kappa shape index (κ2) is 9.50. The molecule has 29 heavy (non-hydrogen) atoms. The Morgan fingerprint density at radius 2 is 1.52 bits per heavy atom. The number of carbonyl (C=O) groups is 2. The third kappa shape index (κ3) is 5.42. The van der Waals surface area contributed by atoms with Crippen LogP contribution in [-0.4, -0.2) is 18.4 Å². The summed E-state index contributed by atoms with van der Waals surface area (Å²) < 4.78 is 18.9. The molecule has 0 saturated carbocycles. The van der Waals surface area contributed by atoms with Crippen LogP contribution in [0.4, 0.5) is 15.8 Å². The zero-order valence-corrected chi connectivity index (χ0v) is 15.9. The lowest BCUT2D eigenvalue weighted by molar-refractivity contribution is -0.118. The van der Waals surface area contributed by atoms with Gasteiger partial charge < -0.3 is 15.4 Å². The molecule has 0 aliphatic rings. The summed E-state index contributed by atoms with van der Waals surface area (Å²) in [4.78, 5) is 24.4. The van der Waals surface area contributed by atoms with Gasteiger partial charge in [-0.3, -0.25) is 9.59 Å². The number of anilines is 2. The largest absolute Gasteiger partial charge is 0.484 e. The highest BCUT2D eigenvalue weighted by Crippen LogP contribution is 2.18. The summed E-state index contributed by atoms with van der Waals surface area (Å²) in [5.41, 5.74) is 2.41. The Kier molecular flexibility index (Phi) is 6.58. The summed E-state index contributed by atoms with van der Waals surface area (Å²) in [6.45, 7) is 1.75. The van der Waals surface area contributed by atoms with Crippen LogP contribution < -0.4 is 15.4 Å². The lowest BCUT2D eigenvalue weighted by atomic mass is 10.1. The molecule has 2 N–H and O–H groups in total. The molecule has 0 spiro atoms. The third-order valence-electron chi connectivity index (χ3n) is 4.28. The molecule has 2 amide bonds. The first-order valence-corrected chi connectivity index (χ1v) is 9.23. The van der Waals surface area contributed by atoms with Crippen molar-refractivity contribution in [1.82, 2.24) is 0 Å². The van der Waals surface area contributed by atoms with Gasteiger partial charge in [0.1, 0.15) is 11.6 Å². The third-order valence-corrected chi connectivity index (χ3v) is 4.28. The Balaban J connectivity index is 1.55. The number of aryl methyl sites for hydroxylation is 1. The predicted octanol–water partition coefficient (Wildman–Crippen LogP) is 4.66. The molecule has 3 aromatic carbocycles. The highest BCUT2D eigenvalue weighted by molar-refractivity contribution is 6.04. The quantitative estimate of drug-likeness (QED) is 0.615. The van der Waals surface area contributed by atoms with Crippen molar-refractivity contribution in [3.05, 3.63) is 89.7 Å². The SMILES string of the molecule is CCc1ccccc1NC(=O)c1ccc(OCC(=O)Nc2ccccc2F)cc1. The number of hydrogen-bond acceptors (Lipinski definition) is 3. The zero-order chi connectivity index (χ0) is 20.6. The average Bonchev–Trinajstić information content (AvgIpc) is 2.74. The maximum absolute atomic E-state index is 13.5. The molecule has 0 bridgehead atoms. The fraction of sp³-hybridized carbons (Fsp3) is 0.130. The van der Waals surface area contributed by atoms with Crippen LogP contribution in [0.2, 0.25) is 0 Å². The van der Waals surface area contributed by atoms with Gasteiger partial charge in [0.05, 0.1) is 5.69 Å². The van der Waals surface area contributed by atoms with E-state index in [0.717, 1.165) is 17.7 Å². The Morgan fingerprint density at radius 1 is 0.862 bits per heavy atom. The summed E-state index contributed by atoms with van der Waals surface area (Å²) >= 11 is 0. The van der Waals surface area contributed by atoms with E-state index in [1.165, 1.54) is 12.1 Å². The highest BCUT2D eigenvalue weighted by Gasteiger charge is 2.10. The Bertz CT molecular complexity index is 1000. The molecule has 0 aliphatic carbocycles. The first kappa shape index (κ1) is 20.1. The zero-order valence-electron chi connectivity index (χ0n) is 15.9. The van der Waals surface area contributed by atoms with Gasteiger partial charge in [0.2, 0.25) is 0 Å². The molecule has 0 unspecified atom stereocenters. The van der Waals surface area contributed by atoms with Crippen molar-refractivity contribution < 1.29 is 18.7 Å². The Morgan fingerprint density at radius 3 is 2.21 bits per heavy atom. The summed E-state index contributed by atoms with van der Waals surface area (Å²) in [7, 11) is 0. The maximum atomic E-state index is 13.5. The van der Waals surface area contributed by atoms with Crippen molar-refractivity contribution in [2.75, 3.05) is 17.2 Å². The number of rotatable bonds is 7. The van der Waals surface area contributed by atoms with Crippen LogP contribution in [0.5, 0.6) is 5.75 Å². The lowest BCUT2D eigenvalue weighted by Crippen LogP contribution is -2.20. The molecule has 0 aliphatic heterocycles. The van der Waals surface area contributed by atoms with E-state index in [1.54, 1.807) is 36.4 Å². The van der Waals surface area contributed by atoms with Crippen LogP contribution >= 0.6 is 0 Å². The first-order valence-electron chi connectivity index (χ1n) is 9.23. The number of benzene rings is 3. The van der Waals surface area contributed by atoms with E-state index in [9.17, 15) is 14.0 Å². The average molecular weight is 392 g/mol. The fourth-order valence-corrected chi connectivity index (χ4v) is 2.75. The minimum Gasteiger partial charge on any atom is -0.484 e. The second-order valence-corrected chi connectivity index (χ2v) is 6.31. The number of carbonyl (C=O) groups excluding carboxylic acids is 2. The molecule has 0 atom stereocenters. The van der Waals surface area contributed by atoms with Gasteiger partial charge in [0.15, 0.2) is 6.61 Å². The van der Waals surface area contributed by atoms with Gasteiger partial charge in [-0.25, -0.2) is 4.39 Å². The molecule has 3 rings (SSSR count). The van der Waals surface area contributed by atoms with Crippen molar-refractivity contribution in [2.24, 2.45) is 0 Å². The second-order valence-electron chi connectivity index (χ2n) is 6.31. The smallest absolute Gasteiger partial charge is 0.262 e. The monoisotopic (exact) mass is 392 g/mol. The number of amides is 2. The molecule has 3 aromatic rings. The normalized spacial score (nSPS) is 10.3. The van der Waals surface area contributed by atoms with Gasteiger partial charge in [-0.15, -0.1) is 0 Å². The fourth-order valence-electron chi connectivity index (χ4n) is 2.75. The molecule has 0 heterocycles. The molecule has 148 valence electrons. The first-order chi connectivity index (χ1) is 14.1. The lowest BCUT2D eigenvalue weighted by Gasteiger charge is -2.11. The van der Waals surface area contributed by atoms with E-state index in [2.05, 4.69) is 10.6 Å². The van der Waals surface area contributed by atoms with Crippen LogP contribution in [0, 0.1) is 5.82 Å². The van der Waals surface area contributed by atoms with Crippen LogP contribution in [0.3, 0.4) is 0 Å². The minimum absolute atomic E-state index is 0.0977. The van der Waals surface area contributed by atoms with Gasteiger partial charge in [-0.2, -0.15) is 0 Å². The van der Waals surface area contributed by atoms with Crippen molar-refractivity contribution in [3.63, 3.8) is 0 Å². The van der Waals surface area contributed by atoms with E-state index in [4.69, 9.17) is 4.74 Å². The summed E-state index contributed by atoms with van der Waals surface area (Å²) in [5, 5.41) is 5.35. The highest BCUT2D eigenvalue weighted by atomic mass is 19.1. The van der Waals surface area contributed by atoms with Gasteiger partial charge in [-0.05, 0) is 54.4 Å².